The molecule has 1 fully saturated rings. The molecular weight excluding hydrogens is 266 g/mol. The number of rotatable bonds is 5. The van der Waals surface area contributed by atoms with Crippen LogP contribution in [0.15, 0.2) is 0 Å². The number of hydrogen-bond acceptors (Lipinski definition) is 4. The number of amides is 3. The number of aliphatic carboxylic acids is 1. The van der Waals surface area contributed by atoms with Crippen LogP contribution in [0.3, 0.4) is 0 Å². The van der Waals surface area contributed by atoms with Gasteiger partial charge in [0.2, 0.25) is 5.91 Å². The Morgan fingerprint density at radius 2 is 2.00 bits per heavy atom. The quantitative estimate of drug-likeness (QED) is 0.617. The second-order valence-electron chi connectivity index (χ2n) is 4.82. The Kier molecular flexibility index (Phi) is 6.23. The van der Waals surface area contributed by atoms with Gasteiger partial charge in [0, 0.05) is 20.2 Å². The van der Waals surface area contributed by atoms with E-state index < -0.39 is 18.4 Å². The maximum Gasteiger partial charge on any atom is 0.322 e. The summed E-state index contributed by atoms with van der Waals surface area (Å²) in [5.74, 6) is -1.27. The molecule has 0 aromatic carbocycles. The molecule has 2 unspecified atom stereocenters. The van der Waals surface area contributed by atoms with Crippen LogP contribution >= 0.6 is 0 Å². The van der Waals surface area contributed by atoms with Crippen molar-refractivity contribution in [2.45, 2.75) is 19.4 Å². The molecular formula is C12H21N3O5. The maximum atomic E-state index is 11.9. The van der Waals surface area contributed by atoms with Gasteiger partial charge in [-0.1, -0.05) is 6.92 Å². The van der Waals surface area contributed by atoms with Crippen molar-refractivity contribution in [3.05, 3.63) is 0 Å². The van der Waals surface area contributed by atoms with Crippen LogP contribution in [0.4, 0.5) is 4.79 Å². The molecule has 1 aliphatic rings. The molecule has 114 valence electrons. The summed E-state index contributed by atoms with van der Waals surface area (Å²) >= 11 is 0. The van der Waals surface area contributed by atoms with Crippen LogP contribution in [0.5, 0.6) is 0 Å². The van der Waals surface area contributed by atoms with E-state index in [1.165, 1.54) is 0 Å². The number of urea groups is 1. The van der Waals surface area contributed by atoms with Crippen LogP contribution in [-0.4, -0.2) is 67.3 Å². The van der Waals surface area contributed by atoms with E-state index >= 15 is 0 Å². The number of nitrogens with one attached hydrogen (secondary N) is 2. The normalized spacial score (nSPS) is 22.2. The van der Waals surface area contributed by atoms with E-state index in [0.717, 1.165) is 6.42 Å². The summed E-state index contributed by atoms with van der Waals surface area (Å²) in [7, 11) is 1.61. The predicted molar refractivity (Wildman–Crippen MR) is 70.2 cm³/mol. The van der Waals surface area contributed by atoms with Gasteiger partial charge in [0.1, 0.15) is 6.54 Å². The third-order valence-electron chi connectivity index (χ3n) is 3.32. The zero-order valence-electron chi connectivity index (χ0n) is 11.7. The number of methoxy groups -OCH3 is 1. The zero-order chi connectivity index (χ0) is 15.1. The maximum absolute atomic E-state index is 11.9. The Hall–Kier alpha value is -1.83. The summed E-state index contributed by atoms with van der Waals surface area (Å²) in [5, 5.41) is 13.0. The summed E-state index contributed by atoms with van der Waals surface area (Å²) in [4.78, 5) is 35.0. The number of carbonyl (C=O) groups excluding carboxylic acids is 2. The largest absolute Gasteiger partial charge is 0.480 e. The number of likely N-dealkylation sites (tertiary alicyclic amines) is 1. The summed E-state index contributed by atoms with van der Waals surface area (Å²) in [6, 6.07) is -0.343. The monoisotopic (exact) mass is 287 g/mol. The first-order valence-electron chi connectivity index (χ1n) is 6.48. The third-order valence-corrected chi connectivity index (χ3v) is 3.32. The summed E-state index contributed by atoms with van der Waals surface area (Å²) in [6.07, 6.45) is 0.840. The van der Waals surface area contributed by atoms with Crippen LogP contribution < -0.4 is 10.6 Å². The van der Waals surface area contributed by atoms with Gasteiger partial charge < -0.3 is 25.4 Å². The minimum atomic E-state index is -1.13. The van der Waals surface area contributed by atoms with Gasteiger partial charge in [-0.15, -0.1) is 0 Å². The third kappa shape index (κ3) is 5.04. The van der Waals surface area contributed by atoms with Gasteiger partial charge >= 0.3 is 12.0 Å². The highest BCUT2D eigenvalue weighted by Crippen LogP contribution is 2.19. The molecule has 8 heteroatoms. The number of carbonyl (C=O) groups is 3. The van der Waals surface area contributed by atoms with Crippen molar-refractivity contribution in [2.24, 2.45) is 5.92 Å². The second kappa shape index (κ2) is 7.68. The van der Waals surface area contributed by atoms with Crippen LogP contribution in [0.1, 0.15) is 13.3 Å². The number of carboxylic acids is 1. The Balaban J connectivity index is 2.32. The van der Waals surface area contributed by atoms with E-state index in [4.69, 9.17) is 9.84 Å². The van der Waals surface area contributed by atoms with Crippen molar-refractivity contribution in [2.75, 3.05) is 33.3 Å². The Morgan fingerprint density at radius 1 is 1.30 bits per heavy atom. The van der Waals surface area contributed by atoms with E-state index in [1.807, 2.05) is 0 Å². The first-order chi connectivity index (χ1) is 9.43. The number of piperidine rings is 1. The fraction of sp³-hybridized carbons (Fsp3) is 0.750. The van der Waals surface area contributed by atoms with Gasteiger partial charge in [-0.25, -0.2) is 4.79 Å². The highest BCUT2D eigenvalue weighted by Gasteiger charge is 2.28. The molecule has 1 rings (SSSR count). The molecule has 0 radical (unpaired) electrons. The molecule has 0 saturated carbocycles. The topological polar surface area (TPSA) is 108 Å². The van der Waals surface area contributed by atoms with Crippen LogP contribution in [0, 0.1) is 5.92 Å². The van der Waals surface area contributed by atoms with E-state index in [2.05, 4.69) is 17.6 Å². The minimum absolute atomic E-state index is 0.00432. The second-order valence-corrected chi connectivity index (χ2v) is 4.82. The van der Waals surface area contributed by atoms with E-state index in [1.54, 1.807) is 12.0 Å². The van der Waals surface area contributed by atoms with Gasteiger partial charge in [0.15, 0.2) is 0 Å². The number of nitrogens with zero attached hydrogens (tertiary/aromatic N) is 1. The standard InChI is InChI=1S/C12H21N3O5/c1-8-3-4-15(7-9(8)20-2)12(19)14-5-10(16)13-6-11(17)18/h8-9H,3-7H2,1-2H3,(H,13,16)(H,14,19)(H,17,18). The van der Waals surface area contributed by atoms with Crippen molar-refractivity contribution >= 4 is 17.9 Å². The van der Waals surface area contributed by atoms with Crippen LogP contribution in [0.25, 0.3) is 0 Å². The number of hydrogen-bond donors (Lipinski definition) is 3. The Bertz CT molecular complexity index is 374. The van der Waals surface area contributed by atoms with E-state index in [9.17, 15) is 14.4 Å². The van der Waals surface area contributed by atoms with Crippen molar-refractivity contribution in [1.29, 1.82) is 0 Å². The van der Waals surface area contributed by atoms with Gasteiger partial charge in [-0.2, -0.15) is 0 Å². The molecule has 0 bridgehead atoms. The van der Waals surface area contributed by atoms with Crippen molar-refractivity contribution < 1.29 is 24.2 Å². The van der Waals surface area contributed by atoms with Gasteiger partial charge in [0.05, 0.1) is 12.6 Å². The summed E-state index contributed by atoms with van der Waals surface area (Å²) in [5.41, 5.74) is 0. The van der Waals surface area contributed by atoms with Crippen molar-refractivity contribution in [1.82, 2.24) is 15.5 Å². The van der Waals surface area contributed by atoms with Crippen molar-refractivity contribution in [3.63, 3.8) is 0 Å². The molecule has 0 aliphatic carbocycles. The zero-order valence-corrected chi connectivity index (χ0v) is 11.7. The molecule has 1 saturated heterocycles. The Labute approximate surface area is 117 Å². The SMILES string of the molecule is COC1CN(C(=O)NCC(=O)NCC(=O)O)CCC1C. The lowest BCUT2D eigenvalue weighted by atomic mass is 9.96. The van der Waals surface area contributed by atoms with Gasteiger partial charge in [0.25, 0.3) is 0 Å². The fourth-order valence-electron chi connectivity index (χ4n) is 2.03. The molecule has 0 aromatic rings. The first-order valence-corrected chi connectivity index (χ1v) is 6.48. The molecule has 3 N–H and O–H groups in total. The minimum Gasteiger partial charge on any atom is -0.480 e. The lowest BCUT2D eigenvalue weighted by Crippen LogP contribution is -2.51. The number of carboxylic acid groups (broad SMARTS) is 1. The van der Waals surface area contributed by atoms with Gasteiger partial charge in [-0.3, -0.25) is 9.59 Å². The lowest BCUT2D eigenvalue weighted by Gasteiger charge is -2.36. The van der Waals surface area contributed by atoms with Crippen LogP contribution in [-0.2, 0) is 14.3 Å². The highest BCUT2D eigenvalue weighted by molar-refractivity contribution is 5.86. The van der Waals surface area contributed by atoms with Crippen LogP contribution in [0.2, 0.25) is 0 Å². The predicted octanol–water partition coefficient (Wildman–Crippen LogP) is -0.746. The summed E-state index contributed by atoms with van der Waals surface area (Å²) < 4.78 is 5.31. The number of ether oxygens (including phenoxy) is 1. The average molecular weight is 287 g/mol. The Morgan fingerprint density at radius 3 is 2.60 bits per heavy atom. The van der Waals surface area contributed by atoms with Crippen molar-refractivity contribution in [3.8, 4) is 0 Å². The smallest absolute Gasteiger partial charge is 0.322 e. The fourth-order valence-corrected chi connectivity index (χ4v) is 2.03. The van der Waals surface area contributed by atoms with E-state index in [0.29, 0.717) is 19.0 Å². The molecule has 0 spiro atoms. The lowest BCUT2D eigenvalue weighted by molar-refractivity contribution is -0.137. The molecule has 2 atom stereocenters. The highest BCUT2D eigenvalue weighted by atomic mass is 16.5. The summed E-state index contributed by atoms with van der Waals surface area (Å²) in [6.45, 7) is 2.48. The van der Waals surface area contributed by atoms with Gasteiger partial charge in [-0.05, 0) is 12.3 Å². The molecule has 8 nitrogen and oxygen atoms in total. The first kappa shape index (κ1) is 16.2. The molecule has 20 heavy (non-hydrogen) atoms. The average Bonchev–Trinajstić information content (AvgIpc) is 2.42. The molecule has 3 amide bonds. The molecule has 1 heterocycles. The molecule has 1 aliphatic heterocycles. The van der Waals surface area contributed by atoms with E-state index in [-0.39, 0.29) is 18.7 Å². The molecule has 0 aromatic heterocycles.